The van der Waals surface area contributed by atoms with E-state index in [9.17, 15) is 4.39 Å². The number of rotatable bonds is 0. The Balaban J connectivity index is 2.84. The lowest BCUT2D eigenvalue weighted by atomic mass is 10.2. The topological polar surface area (TPSA) is 46.0 Å². The molecule has 0 aliphatic heterocycles. The Labute approximate surface area is 67.5 Å². The van der Waals surface area contributed by atoms with E-state index < -0.39 is 5.82 Å². The van der Waals surface area contributed by atoms with E-state index in [1.165, 1.54) is 24.7 Å². The largest absolute Gasteiger partial charge is 0.505 e. The van der Waals surface area contributed by atoms with E-state index in [-0.39, 0.29) is 5.75 Å². The number of fused-ring (bicyclic) bond motifs is 1. The Morgan fingerprint density at radius 2 is 2.17 bits per heavy atom. The lowest BCUT2D eigenvalue weighted by Gasteiger charge is -1.97. The summed E-state index contributed by atoms with van der Waals surface area (Å²) < 4.78 is 12.7. The Morgan fingerprint density at radius 3 is 3.00 bits per heavy atom. The highest BCUT2D eigenvalue weighted by molar-refractivity contribution is 5.78. The minimum atomic E-state index is -0.655. The third-order valence-electron chi connectivity index (χ3n) is 1.57. The molecule has 12 heavy (non-hydrogen) atoms. The first-order chi connectivity index (χ1) is 5.77. The van der Waals surface area contributed by atoms with Crippen LogP contribution in [0, 0.1) is 5.82 Å². The molecule has 0 unspecified atom stereocenters. The number of nitrogens with zero attached hydrogens (tertiary/aromatic N) is 2. The monoisotopic (exact) mass is 164 g/mol. The van der Waals surface area contributed by atoms with Gasteiger partial charge in [-0.2, -0.15) is 0 Å². The fourth-order valence-corrected chi connectivity index (χ4v) is 0.991. The molecule has 0 atom stereocenters. The summed E-state index contributed by atoms with van der Waals surface area (Å²) in [6.45, 7) is 0. The van der Waals surface area contributed by atoms with Crippen LogP contribution >= 0.6 is 0 Å². The summed E-state index contributed by atoms with van der Waals surface area (Å²) in [5.41, 5.74) is 0.531. The smallest absolute Gasteiger partial charge is 0.165 e. The van der Waals surface area contributed by atoms with Gasteiger partial charge in [-0.3, -0.25) is 0 Å². The van der Waals surface area contributed by atoms with Gasteiger partial charge in [0.2, 0.25) is 0 Å². The predicted octanol–water partition coefficient (Wildman–Crippen LogP) is 1.47. The first-order valence-electron chi connectivity index (χ1n) is 3.35. The van der Waals surface area contributed by atoms with Gasteiger partial charge in [-0.15, -0.1) is 0 Å². The minimum absolute atomic E-state index is 0.388. The van der Waals surface area contributed by atoms with E-state index in [1.807, 2.05) is 0 Å². The summed E-state index contributed by atoms with van der Waals surface area (Å²) in [5.74, 6) is -1.04. The van der Waals surface area contributed by atoms with Gasteiger partial charge in [0.05, 0.1) is 5.52 Å². The average molecular weight is 164 g/mol. The molecule has 4 heteroatoms. The number of phenolic OH excluding ortho intramolecular Hbond substituents is 1. The first-order valence-corrected chi connectivity index (χ1v) is 3.35. The van der Waals surface area contributed by atoms with Crippen molar-refractivity contribution in [1.29, 1.82) is 0 Å². The molecule has 0 aliphatic rings. The molecule has 2 aromatic rings. The normalized spacial score (nSPS) is 10.4. The van der Waals surface area contributed by atoms with Crippen LogP contribution in [0.1, 0.15) is 0 Å². The summed E-state index contributed by atoms with van der Waals surface area (Å²) in [6.07, 6.45) is 2.84. The molecule has 0 saturated carbocycles. The van der Waals surface area contributed by atoms with Crippen molar-refractivity contribution in [2.24, 2.45) is 0 Å². The molecule has 0 spiro atoms. The number of aromatic hydroxyl groups is 1. The van der Waals surface area contributed by atoms with Crippen LogP contribution in [0.15, 0.2) is 24.7 Å². The second-order valence-electron chi connectivity index (χ2n) is 2.39. The van der Waals surface area contributed by atoms with Crippen molar-refractivity contribution < 1.29 is 9.50 Å². The molecule has 0 amide bonds. The fraction of sp³-hybridized carbons (Fsp3) is 0. The van der Waals surface area contributed by atoms with Crippen LogP contribution in [0.3, 0.4) is 0 Å². The average Bonchev–Trinajstić information content (AvgIpc) is 2.07. The Hall–Kier alpha value is -1.71. The molecule has 2 rings (SSSR count). The second-order valence-corrected chi connectivity index (χ2v) is 2.39. The number of phenols is 1. The quantitative estimate of drug-likeness (QED) is 0.641. The van der Waals surface area contributed by atoms with Crippen molar-refractivity contribution in [3.63, 3.8) is 0 Å². The fourth-order valence-electron chi connectivity index (χ4n) is 0.991. The van der Waals surface area contributed by atoms with Crippen LogP contribution < -0.4 is 0 Å². The maximum Gasteiger partial charge on any atom is 0.165 e. The molecule has 1 heterocycles. The molecular formula is C8H5FN2O. The van der Waals surface area contributed by atoms with Crippen molar-refractivity contribution in [2.45, 2.75) is 0 Å². The van der Waals surface area contributed by atoms with Gasteiger partial charge in [-0.05, 0) is 6.07 Å². The zero-order valence-electron chi connectivity index (χ0n) is 6.03. The number of aromatic nitrogens is 2. The molecule has 0 aliphatic carbocycles. The standard InChI is InChI=1S/C8H5FN2O/c9-6-1-5-3-10-4-11-7(5)2-8(6)12/h1-4,12H. The molecule has 60 valence electrons. The Morgan fingerprint density at radius 1 is 1.33 bits per heavy atom. The van der Waals surface area contributed by atoms with Crippen LogP contribution in [-0.2, 0) is 0 Å². The molecular weight excluding hydrogens is 159 g/mol. The summed E-state index contributed by atoms with van der Waals surface area (Å²) in [6, 6.07) is 2.47. The third kappa shape index (κ3) is 0.972. The summed E-state index contributed by atoms with van der Waals surface area (Å²) in [5, 5.41) is 9.56. The molecule has 1 aromatic carbocycles. The number of hydrogen-bond acceptors (Lipinski definition) is 3. The van der Waals surface area contributed by atoms with E-state index in [0.717, 1.165) is 0 Å². The minimum Gasteiger partial charge on any atom is -0.505 e. The van der Waals surface area contributed by atoms with Gasteiger partial charge in [0, 0.05) is 17.6 Å². The van der Waals surface area contributed by atoms with Crippen molar-refractivity contribution in [2.75, 3.05) is 0 Å². The summed E-state index contributed by atoms with van der Waals surface area (Å²) in [4.78, 5) is 7.57. The zero-order chi connectivity index (χ0) is 8.55. The Bertz CT molecular complexity index is 390. The number of hydrogen-bond donors (Lipinski definition) is 1. The van der Waals surface area contributed by atoms with Crippen molar-refractivity contribution >= 4 is 10.9 Å². The maximum absolute atomic E-state index is 12.7. The van der Waals surface area contributed by atoms with Gasteiger partial charge in [0.25, 0.3) is 0 Å². The Kier molecular flexibility index (Phi) is 1.40. The SMILES string of the molecule is Oc1cc2ncncc2cc1F. The van der Waals surface area contributed by atoms with E-state index in [0.29, 0.717) is 10.9 Å². The van der Waals surface area contributed by atoms with Crippen LogP contribution in [0.5, 0.6) is 5.75 Å². The van der Waals surface area contributed by atoms with E-state index in [2.05, 4.69) is 9.97 Å². The second kappa shape index (κ2) is 2.41. The highest BCUT2D eigenvalue weighted by Gasteiger charge is 2.02. The van der Waals surface area contributed by atoms with Gasteiger partial charge < -0.3 is 5.11 Å². The predicted molar refractivity (Wildman–Crippen MR) is 41.2 cm³/mol. The molecule has 0 radical (unpaired) electrons. The van der Waals surface area contributed by atoms with Crippen molar-refractivity contribution in [3.8, 4) is 5.75 Å². The van der Waals surface area contributed by atoms with E-state index in [4.69, 9.17) is 5.11 Å². The first kappa shape index (κ1) is 6.97. The van der Waals surface area contributed by atoms with Gasteiger partial charge in [-0.1, -0.05) is 0 Å². The lowest BCUT2D eigenvalue weighted by molar-refractivity contribution is 0.433. The van der Waals surface area contributed by atoms with Gasteiger partial charge in [-0.25, -0.2) is 14.4 Å². The van der Waals surface area contributed by atoms with Gasteiger partial charge in [0.1, 0.15) is 6.33 Å². The molecule has 1 N–H and O–H groups in total. The van der Waals surface area contributed by atoms with Crippen LogP contribution in [-0.4, -0.2) is 15.1 Å². The van der Waals surface area contributed by atoms with E-state index in [1.54, 1.807) is 0 Å². The summed E-state index contributed by atoms with van der Waals surface area (Å²) in [7, 11) is 0. The zero-order valence-corrected chi connectivity index (χ0v) is 6.03. The highest BCUT2D eigenvalue weighted by Crippen LogP contribution is 2.20. The molecule has 0 saturated heterocycles. The third-order valence-corrected chi connectivity index (χ3v) is 1.57. The van der Waals surface area contributed by atoms with Gasteiger partial charge in [0.15, 0.2) is 11.6 Å². The number of halogens is 1. The van der Waals surface area contributed by atoms with Crippen LogP contribution in [0.4, 0.5) is 4.39 Å². The van der Waals surface area contributed by atoms with Crippen LogP contribution in [0.2, 0.25) is 0 Å². The maximum atomic E-state index is 12.7. The summed E-state index contributed by atoms with van der Waals surface area (Å²) >= 11 is 0. The van der Waals surface area contributed by atoms with Crippen LogP contribution in [0.25, 0.3) is 10.9 Å². The lowest BCUT2D eigenvalue weighted by Crippen LogP contribution is -1.83. The van der Waals surface area contributed by atoms with Crippen molar-refractivity contribution in [3.05, 3.63) is 30.5 Å². The van der Waals surface area contributed by atoms with Crippen molar-refractivity contribution in [1.82, 2.24) is 9.97 Å². The highest BCUT2D eigenvalue weighted by atomic mass is 19.1. The molecule has 3 nitrogen and oxygen atoms in total. The molecule has 0 bridgehead atoms. The molecule has 0 fully saturated rings. The van der Waals surface area contributed by atoms with Gasteiger partial charge >= 0.3 is 0 Å². The van der Waals surface area contributed by atoms with E-state index >= 15 is 0 Å². The molecule has 1 aromatic heterocycles. The number of benzene rings is 1.